The standard InChI is InChI=1S/C15H22N4OS/c1-3-5-8-19(4-2)15-11(9-16)12(17)13(21-15)14(20)18-10-6-7-10/h10H,3-8,17H2,1-2H3,(H,18,20). The molecule has 21 heavy (non-hydrogen) atoms. The number of rotatable bonds is 7. The van der Waals surface area contributed by atoms with E-state index in [1.807, 2.05) is 0 Å². The van der Waals surface area contributed by atoms with E-state index < -0.39 is 0 Å². The maximum absolute atomic E-state index is 12.2. The highest BCUT2D eigenvalue weighted by Gasteiger charge is 2.28. The lowest BCUT2D eigenvalue weighted by Crippen LogP contribution is -2.25. The van der Waals surface area contributed by atoms with Gasteiger partial charge in [0.2, 0.25) is 0 Å². The molecule has 1 heterocycles. The molecule has 0 bridgehead atoms. The van der Waals surface area contributed by atoms with E-state index in [0.717, 1.165) is 43.8 Å². The number of unbranched alkanes of at least 4 members (excludes halogenated alkanes) is 1. The normalized spacial score (nSPS) is 13.8. The molecule has 1 saturated carbocycles. The molecule has 0 aliphatic heterocycles. The molecule has 1 fully saturated rings. The zero-order chi connectivity index (χ0) is 15.4. The van der Waals surface area contributed by atoms with Gasteiger partial charge in [-0.3, -0.25) is 4.79 Å². The number of carbonyl (C=O) groups excluding carboxylic acids is 1. The number of thiophene rings is 1. The summed E-state index contributed by atoms with van der Waals surface area (Å²) < 4.78 is 0. The molecule has 1 aliphatic rings. The van der Waals surface area contributed by atoms with Crippen molar-refractivity contribution in [2.45, 2.75) is 45.6 Å². The van der Waals surface area contributed by atoms with Gasteiger partial charge in [-0.15, -0.1) is 11.3 Å². The molecule has 1 amide bonds. The van der Waals surface area contributed by atoms with Gasteiger partial charge in [0.1, 0.15) is 21.5 Å². The average molecular weight is 306 g/mol. The van der Waals surface area contributed by atoms with Crippen molar-refractivity contribution in [3.05, 3.63) is 10.4 Å². The van der Waals surface area contributed by atoms with E-state index in [-0.39, 0.29) is 11.9 Å². The Morgan fingerprint density at radius 3 is 2.76 bits per heavy atom. The molecule has 0 aromatic carbocycles. The summed E-state index contributed by atoms with van der Waals surface area (Å²) in [5.41, 5.74) is 6.80. The van der Waals surface area contributed by atoms with Crippen LogP contribution in [-0.2, 0) is 0 Å². The van der Waals surface area contributed by atoms with Crippen LogP contribution in [0.5, 0.6) is 0 Å². The van der Waals surface area contributed by atoms with Crippen LogP contribution >= 0.6 is 11.3 Å². The Balaban J connectivity index is 2.27. The van der Waals surface area contributed by atoms with Gasteiger partial charge < -0.3 is 16.0 Å². The van der Waals surface area contributed by atoms with Gasteiger partial charge >= 0.3 is 0 Å². The van der Waals surface area contributed by atoms with Gasteiger partial charge in [0, 0.05) is 19.1 Å². The highest BCUT2D eigenvalue weighted by atomic mass is 32.1. The molecule has 0 atom stereocenters. The van der Waals surface area contributed by atoms with E-state index in [1.165, 1.54) is 11.3 Å². The minimum Gasteiger partial charge on any atom is -0.396 e. The molecule has 1 aromatic rings. The highest BCUT2D eigenvalue weighted by Crippen LogP contribution is 2.38. The SMILES string of the molecule is CCCCN(CC)c1sc(C(=O)NC2CC2)c(N)c1C#N. The van der Waals surface area contributed by atoms with Gasteiger partial charge in [-0.2, -0.15) is 5.26 Å². The van der Waals surface area contributed by atoms with Gasteiger partial charge in [-0.1, -0.05) is 13.3 Å². The number of nitrogens with two attached hydrogens (primary N) is 1. The molecule has 2 rings (SSSR count). The summed E-state index contributed by atoms with van der Waals surface area (Å²) in [6.45, 7) is 5.87. The number of nitrogen functional groups attached to an aromatic ring is 1. The summed E-state index contributed by atoms with van der Waals surface area (Å²) in [4.78, 5) is 14.8. The van der Waals surface area contributed by atoms with Crippen molar-refractivity contribution in [3.63, 3.8) is 0 Å². The van der Waals surface area contributed by atoms with Crippen LogP contribution in [0.15, 0.2) is 0 Å². The third-order valence-corrected chi connectivity index (χ3v) is 4.87. The monoisotopic (exact) mass is 306 g/mol. The van der Waals surface area contributed by atoms with Crippen LogP contribution in [0.25, 0.3) is 0 Å². The van der Waals surface area contributed by atoms with Gasteiger partial charge in [-0.25, -0.2) is 0 Å². The summed E-state index contributed by atoms with van der Waals surface area (Å²) in [5.74, 6) is -0.144. The van der Waals surface area contributed by atoms with Crippen molar-refractivity contribution in [2.75, 3.05) is 23.7 Å². The van der Waals surface area contributed by atoms with Crippen LogP contribution in [0, 0.1) is 11.3 Å². The third-order valence-electron chi connectivity index (χ3n) is 3.61. The van der Waals surface area contributed by atoms with E-state index in [4.69, 9.17) is 5.73 Å². The van der Waals surface area contributed by atoms with Crippen molar-refractivity contribution in [3.8, 4) is 6.07 Å². The molecular formula is C15H22N4OS. The molecule has 1 aliphatic carbocycles. The first kappa shape index (κ1) is 15.6. The van der Waals surface area contributed by atoms with Crippen molar-refractivity contribution in [2.24, 2.45) is 0 Å². The predicted molar refractivity (Wildman–Crippen MR) is 86.7 cm³/mol. The summed E-state index contributed by atoms with van der Waals surface area (Å²) in [7, 11) is 0. The number of carbonyl (C=O) groups is 1. The quantitative estimate of drug-likeness (QED) is 0.811. The Labute approximate surface area is 129 Å². The third kappa shape index (κ3) is 3.48. The molecule has 0 unspecified atom stereocenters. The maximum atomic E-state index is 12.2. The number of nitrogens with zero attached hydrogens (tertiary/aromatic N) is 2. The minimum atomic E-state index is -0.144. The Morgan fingerprint density at radius 2 is 2.24 bits per heavy atom. The van der Waals surface area contributed by atoms with Gasteiger partial charge in [0.15, 0.2) is 0 Å². The molecule has 0 saturated heterocycles. The number of hydrogen-bond acceptors (Lipinski definition) is 5. The Kier molecular flexibility index (Phi) is 5.07. The number of hydrogen-bond donors (Lipinski definition) is 2. The summed E-state index contributed by atoms with van der Waals surface area (Å²) >= 11 is 1.34. The number of nitrogens with one attached hydrogen (secondary N) is 1. The van der Waals surface area contributed by atoms with Crippen LogP contribution in [-0.4, -0.2) is 25.0 Å². The molecule has 0 radical (unpaired) electrons. The zero-order valence-corrected chi connectivity index (χ0v) is 13.4. The molecule has 0 spiro atoms. The van der Waals surface area contributed by atoms with Crippen LogP contribution in [0.2, 0.25) is 0 Å². The first-order chi connectivity index (χ1) is 10.1. The van der Waals surface area contributed by atoms with Crippen LogP contribution in [0.4, 0.5) is 10.7 Å². The first-order valence-electron chi connectivity index (χ1n) is 7.50. The molecule has 3 N–H and O–H groups in total. The van der Waals surface area contributed by atoms with Crippen LogP contribution < -0.4 is 16.0 Å². The van der Waals surface area contributed by atoms with Crippen molar-refractivity contribution < 1.29 is 4.79 Å². The molecule has 114 valence electrons. The predicted octanol–water partition coefficient (Wildman–Crippen LogP) is 2.72. The van der Waals surface area contributed by atoms with Crippen LogP contribution in [0.3, 0.4) is 0 Å². The second kappa shape index (κ2) is 6.81. The lowest BCUT2D eigenvalue weighted by atomic mass is 10.2. The Bertz CT molecular complexity index is 557. The largest absolute Gasteiger partial charge is 0.396 e. The molecule has 5 nitrogen and oxygen atoms in total. The number of anilines is 2. The second-order valence-electron chi connectivity index (χ2n) is 5.32. The van der Waals surface area contributed by atoms with Crippen molar-refractivity contribution in [1.29, 1.82) is 5.26 Å². The van der Waals surface area contributed by atoms with Crippen molar-refractivity contribution >= 4 is 27.9 Å². The lowest BCUT2D eigenvalue weighted by molar-refractivity contribution is 0.0956. The second-order valence-corrected chi connectivity index (χ2v) is 6.32. The summed E-state index contributed by atoms with van der Waals surface area (Å²) in [6.07, 6.45) is 4.22. The lowest BCUT2D eigenvalue weighted by Gasteiger charge is -2.21. The maximum Gasteiger partial charge on any atom is 0.263 e. The van der Waals surface area contributed by atoms with Gasteiger partial charge in [-0.05, 0) is 26.2 Å². The smallest absolute Gasteiger partial charge is 0.263 e. The van der Waals surface area contributed by atoms with E-state index in [0.29, 0.717) is 16.1 Å². The fourth-order valence-electron chi connectivity index (χ4n) is 2.16. The van der Waals surface area contributed by atoms with Crippen LogP contribution in [0.1, 0.15) is 54.8 Å². The van der Waals surface area contributed by atoms with Gasteiger partial charge in [0.05, 0.1) is 5.69 Å². The van der Waals surface area contributed by atoms with E-state index in [1.54, 1.807) is 0 Å². The first-order valence-corrected chi connectivity index (χ1v) is 8.32. The van der Waals surface area contributed by atoms with E-state index in [2.05, 4.69) is 30.1 Å². The summed E-state index contributed by atoms with van der Waals surface area (Å²) in [6, 6.07) is 2.45. The Hall–Kier alpha value is -1.74. The van der Waals surface area contributed by atoms with Gasteiger partial charge in [0.25, 0.3) is 5.91 Å². The van der Waals surface area contributed by atoms with E-state index in [9.17, 15) is 10.1 Å². The fraction of sp³-hybridized carbons (Fsp3) is 0.600. The Morgan fingerprint density at radius 1 is 1.52 bits per heavy atom. The molecule has 1 aromatic heterocycles. The summed E-state index contributed by atoms with van der Waals surface area (Å²) in [5, 5.41) is 13.1. The zero-order valence-electron chi connectivity index (χ0n) is 12.6. The number of nitriles is 1. The average Bonchev–Trinajstić information content (AvgIpc) is 3.22. The molecular weight excluding hydrogens is 284 g/mol. The van der Waals surface area contributed by atoms with Crippen molar-refractivity contribution in [1.82, 2.24) is 5.32 Å². The minimum absolute atomic E-state index is 0.144. The fourth-order valence-corrected chi connectivity index (χ4v) is 3.33. The molecule has 6 heteroatoms. The highest BCUT2D eigenvalue weighted by molar-refractivity contribution is 7.19. The van der Waals surface area contributed by atoms with E-state index >= 15 is 0 Å². The topological polar surface area (TPSA) is 82.2 Å². The number of amides is 1.